The average Bonchev–Trinajstić information content (AvgIpc) is 2.22. The van der Waals surface area contributed by atoms with Gasteiger partial charge < -0.3 is 19.9 Å². The van der Waals surface area contributed by atoms with Crippen LogP contribution in [0.2, 0.25) is 0 Å². The highest BCUT2D eigenvalue weighted by Crippen LogP contribution is 2.01. The average molecular weight is 247 g/mol. The van der Waals surface area contributed by atoms with Crippen LogP contribution in [0.15, 0.2) is 0 Å². The fourth-order valence-electron chi connectivity index (χ4n) is 1.01. The van der Waals surface area contributed by atoms with Gasteiger partial charge in [0.2, 0.25) is 0 Å². The molecule has 98 valence electrons. The van der Waals surface area contributed by atoms with Crippen molar-refractivity contribution < 1.29 is 29.0 Å². The molecule has 1 unspecified atom stereocenters. The number of amides is 1. The van der Waals surface area contributed by atoms with E-state index in [9.17, 15) is 14.4 Å². The molecule has 0 spiro atoms. The molecule has 7 nitrogen and oxygen atoms in total. The maximum Gasteiger partial charge on any atom is 0.408 e. The third-order valence-corrected chi connectivity index (χ3v) is 1.80. The second kappa shape index (κ2) is 7.48. The number of ether oxygens (including phenoxy) is 2. The Balaban J connectivity index is 4.20. The highest BCUT2D eigenvalue weighted by atomic mass is 16.6. The summed E-state index contributed by atoms with van der Waals surface area (Å²) in [7, 11) is 1.21. The molecule has 0 aliphatic rings. The number of hydrogen-bond acceptors (Lipinski definition) is 5. The smallest absolute Gasteiger partial charge is 0.408 e. The first-order chi connectivity index (χ1) is 7.86. The zero-order valence-corrected chi connectivity index (χ0v) is 10.1. The Kier molecular flexibility index (Phi) is 6.69. The van der Waals surface area contributed by atoms with E-state index in [4.69, 9.17) is 9.84 Å². The second-order valence-corrected chi connectivity index (χ2v) is 3.60. The van der Waals surface area contributed by atoms with Crippen LogP contribution in [-0.4, -0.2) is 42.4 Å². The fraction of sp³-hybridized carbons (Fsp3) is 0.700. The van der Waals surface area contributed by atoms with Gasteiger partial charge in [0.1, 0.15) is 6.04 Å². The molecule has 0 saturated heterocycles. The molecule has 0 heterocycles. The van der Waals surface area contributed by atoms with Crippen LogP contribution in [0.25, 0.3) is 0 Å². The second-order valence-electron chi connectivity index (χ2n) is 3.60. The lowest BCUT2D eigenvalue weighted by atomic mass is 10.1. The Hall–Kier alpha value is -1.79. The number of carboxylic acids is 1. The van der Waals surface area contributed by atoms with E-state index in [1.807, 2.05) is 0 Å². The highest BCUT2D eigenvalue weighted by molar-refractivity contribution is 5.80. The standard InChI is InChI=1S/C10H17NO6/c1-6(2)17-10(15)11-7(9(13)14)4-5-8(12)16-3/h6-7H,4-5H2,1-3H3,(H,11,15)(H,13,14). The lowest BCUT2D eigenvalue weighted by Crippen LogP contribution is -2.42. The summed E-state index contributed by atoms with van der Waals surface area (Å²) >= 11 is 0. The van der Waals surface area contributed by atoms with Gasteiger partial charge in [-0.25, -0.2) is 9.59 Å². The lowest BCUT2D eigenvalue weighted by Gasteiger charge is -2.15. The summed E-state index contributed by atoms with van der Waals surface area (Å²) in [4.78, 5) is 32.8. The first kappa shape index (κ1) is 15.2. The van der Waals surface area contributed by atoms with Crippen molar-refractivity contribution in [3.63, 3.8) is 0 Å². The molecule has 0 aromatic rings. The molecule has 1 amide bonds. The van der Waals surface area contributed by atoms with Crippen LogP contribution < -0.4 is 5.32 Å². The van der Waals surface area contributed by atoms with Crippen molar-refractivity contribution in [2.45, 2.75) is 38.8 Å². The van der Waals surface area contributed by atoms with E-state index in [-0.39, 0.29) is 18.9 Å². The van der Waals surface area contributed by atoms with Crippen LogP contribution in [0, 0.1) is 0 Å². The molecule has 0 saturated carbocycles. The molecule has 7 heteroatoms. The lowest BCUT2D eigenvalue weighted by molar-refractivity contribution is -0.142. The van der Waals surface area contributed by atoms with E-state index in [0.29, 0.717) is 0 Å². The van der Waals surface area contributed by atoms with Gasteiger partial charge in [-0.3, -0.25) is 4.79 Å². The molecule has 1 atom stereocenters. The minimum absolute atomic E-state index is 0.0464. The number of rotatable bonds is 6. The van der Waals surface area contributed by atoms with Gasteiger partial charge in [0, 0.05) is 6.42 Å². The van der Waals surface area contributed by atoms with Crippen molar-refractivity contribution >= 4 is 18.0 Å². The van der Waals surface area contributed by atoms with Gasteiger partial charge in [-0.1, -0.05) is 0 Å². The van der Waals surface area contributed by atoms with Crippen LogP contribution >= 0.6 is 0 Å². The van der Waals surface area contributed by atoms with E-state index in [0.717, 1.165) is 0 Å². The molecular formula is C10H17NO6. The Morgan fingerprint density at radius 3 is 2.29 bits per heavy atom. The minimum atomic E-state index is -1.23. The predicted octanol–water partition coefficient (Wildman–Crippen LogP) is 0.527. The number of nitrogens with one attached hydrogen (secondary N) is 1. The van der Waals surface area contributed by atoms with Crippen LogP contribution in [0.4, 0.5) is 4.79 Å². The number of alkyl carbamates (subject to hydrolysis) is 1. The first-order valence-corrected chi connectivity index (χ1v) is 5.13. The van der Waals surface area contributed by atoms with Gasteiger partial charge in [-0.05, 0) is 20.3 Å². The Bertz CT molecular complexity index is 289. The molecule has 0 aliphatic carbocycles. The normalized spacial score (nSPS) is 11.8. The Morgan fingerprint density at radius 2 is 1.88 bits per heavy atom. The fourth-order valence-corrected chi connectivity index (χ4v) is 1.01. The Morgan fingerprint density at radius 1 is 1.29 bits per heavy atom. The van der Waals surface area contributed by atoms with Crippen molar-refractivity contribution in [2.75, 3.05) is 7.11 Å². The number of carbonyl (C=O) groups is 3. The summed E-state index contributed by atoms with van der Waals surface area (Å²) < 4.78 is 9.11. The zero-order valence-electron chi connectivity index (χ0n) is 10.1. The number of esters is 1. The van der Waals surface area contributed by atoms with Gasteiger partial charge in [-0.2, -0.15) is 0 Å². The van der Waals surface area contributed by atoms with Gasteiger partial charge in [0.25, 0.3) is 0 Å². The highest BCUT2D eigenvalue weighted by Gasteiger charge is 2.22. The molecule has 0 aromatic heterocycles. The Labute approximate surface area is 99.1 Å². The van der Waals surface area contributed by atoms with Gasteiger partial charge in [-0.15, -0.1) is 0 Å². The summed E-state index contributed by atoms with van der Waals surface area (Å²) in [5, 5.41) is 11.0. The molecule has 17 heavy (non-hydrogen) atoms. The largest absolute Gasteiger partial charge is 0.480 e. The predicted molar refractivity (Wildman–Crippen MR) is 57.4 cm³/mol. The number of aliphatic carboxylic acids is 1. The van der Waals surface area contributed by atoms with Crippen molar-refractivity contribution in [1.82, 2.24) is 5.32 Å². The molecular weight excluding hydrogens is 230 g/mol. The maximum absolute atomic E-state index is 11.2. The maximum atomic E-state index is 11.2. The summed E-state index contributed by atoms with van der Waals surface area (Å²) in [5.41, 5.74) is 0. The van der Waals surface area contributed by atoms with Gasteiger partial charge >= 0.3 is 18.0 Å². The molecule has 0 fully saturated rings. The van der Waals surface area contributed by atoms with E-state index < -0.39 is 24.1 Å². The van der Waals surface area contributed by atoms with Crippen LogP contribution in [0.1, 0.15) is 26.7 Å². The number of carbonyl (C=O) groups excluding carboxylic acids is 2. The van der Waals surface area contributed by atoms with Crippen molar-refractivity contribution in [3.05, 3.63) is 0 Å². The van der Waals surface area contributed by atoms with Gasteiger partial charge in [0.05, 0.1) is 13.2 Å². The summed E-state index contributed by atoms with van der Waals surface area (Å²) in [6, 6.07) is -1.17. The number of hydrogen-bond donors (Lipinski definition) is 2. The summed E-state index contributed by atoms with van der Waals surface area (Å²) in [6.45, 7) is 3.29. The first-order valence-electron chi connectivity index (χ1n) is 5.13. The van der Waals surface area contributed by atoms with Crippen molar-refractivity contribution in [2.24, 2.45) is 0 Å². The third-order valence-electron chi connectivity index (χ3n) is 1.80. The van der Waals surface area contributed by atoms with E-state index in [2.05, 4.69) is 10.1 Å². The SMILES string of the molecule is COC(=O)CCC(NC(=O)OC(C)C)C(=O)O. The zero-order chi connectivity index (χ0) is 13.4. The monoisotopic (exact) mass is 247 g/mol. The number of methoxy groups -OCH3 is 1. The molecule has 0 aliphatic heterocycles. The van der Waals surface area contributed by atoms with Gasteiger partial charge in [0.15, 0.2) is 0 Å². The third kappa shape index (κ3) is 7.15. The minimum Gasteiger partial charge on any atom is -0.480 e. The molecule has 0 bridgehead atoms. The van der Waals surface area contributed by atoms with Crippen LogP contribution in [-0.2, 0) is 19.1 Å². The van der Waals surface area contributed by atoms with Crippen molar-refractivity contribution in [1.29, 1.82) is 0 Å². The topological polar surface area (TPSA) is 102 Å². The van der Waals surface area contributed by atoms with E-state index >= 15 is 0 Å². The number of carboxylic acid groups (broad SMARTS) is 1. The quantitative estimate of drug-likeness (QED) is 0.664. The summed E-state index contributed by atoms with van der Waals surface area (Å²) in [6.07, 6.45) is -1.30. The van der Waals surface area contributed by atoms with Crippen LogP contribution in [0.3, 0.4) is 0 Å². The molecule has 2 N–H and O–H groups in total. The van der Waals surface area contributed by atoms with Crippen molar-refractivity contribution in [3.8, 4) is 0 Å². The van der Waals surface area contributed by atoms with E-state index in [1.54, 1.807) is 13.8 Å². The molecule has 0 radical (unpaired) electrons. The van der Waals surface area contributed by atoms with E-state index in [1.165, 1.54) is 7.11 Å². The molecule has 0 aromatic carbocycles. The molecule has 0 rings (SSSR count). The summed E-state index contributed by atoms with van der Waals surface area (Å²) in [5.74, 6) is -1.76. The van der Waals surface area contributed by atoms with Crippen LogP contribution in [0.5, 0.6) is 0 Å².